The van der Waals surface area contributed by atoms with E-state index in [2.05, 4.69) is 34.3 Å². The van der Waals surface area contributed by atoms with Crippen LogP contribution in [0.4, 0.5) is 0 Å². The van der Waals surface area contributed by atoms with Gasteiger partial charge in [0.15, 0.2) is 6.10 Å². The molecule has 3 aliphatic rings. The Morgan fingerprint density at radius 1 is 1.23 bits per heavy atom. The molecule has 4 heteroatoms. The largest absolute Gasteiger partial charge is 0.455 e. The molecule has 0 amide bonds. The second-order valence-corrected chi connectivity index (χ2v) is 9.93. The number of aliphatic hydroxyl groups is 2. The summed E-state index contributed by atoms with van der Waals surface area (Å²) < 4.78 is 5.61. The van der Waals surface area contributed by atoms with E-state index >= 15 is 0 Å². The molecule has 3 aliphatic carbocycles. The minimum atomic E-state index is -1.07. The molecule has 0 aliphatic heterocycles. The number of hydrogen-bond donors (Lipinski definition) is 2. The summed E-state index contributed by atoms with van der Waals surface area (Å²) in [7, 11) is 0. The van der Waals surface area contributed by atoms with Gasteiger partial charge >= 0.3 is 5.97 Å². The Labute approximate surface area is 157 Å². The summed E-state index contributed by atoms with van der Waals surface area (Å²) >= 11 is 0. The van der Waals surface area contributed by atoms with Gasteiger partial charge in [-0.1, -0.05) is 46.3 Å². The van der Waals surface area contributed by atoms with Gasteiger partial charge in [-0.3, -0.25) is 4.79 Å². The zero-order valence-corrected chi connectivity index (χ0v) is 16.8. The number of esters is 1. The quantitative estimate of drug-likeness (QED) is 0.580. The number of aliphatic hydroxyl groups excluding tert-OH is 1. The first-order valence-electron chi connectivity index (χ1n) is 9.85. The molecule has 2 N–H and O–H groups in total. The fraction of sp³-hybridized carbons (Fsp3) is 0.773. The first kappa shape index (κ1) is 19.6. The number of carbonyl (C=O) groups is 1. The van der Waals surface area contributed by atoms with Crippen molar-refractivity contribution in [1.82, 2.24) is 0 Å². The average Bonchev–Trinajstić information content (AvgIpc) is 2.53. The highest BCUT2D eigenvalue weighted by Crippen LogP contribution is 2.65. The van der Waals surface area contributed by atoms with E-state index < -0.39 is 29.2 Å². The second-order valence-electron chi connectivity index (χ2n) is 9.93. The van der Waals surface area contributed by atoms with E-state index in [0.717, 1.165) is 25.7 Å². The number of ether oxygens (including phenoxy) is 1. The zero-order valence-electron chi connectivity index (χ0n) is 16.8. The highest BCUT2D eigenvalue weighted by molar-refractivity contribution is 5.67. The molecule has 4 nitrogen and oxygen atoms in total. The first-order valence-corrected chi connectivity index (χ1v) is 9.85. The van der Waals surface area contributed by atoms with Crippen LogP contribution in [0.5, 0.6) is 0 Å². The fourth-order valence-corrected chi connectivity index (χ4v) is 6.29. The molecule has 0 spiro atoms. The van der Waals surface area contributed by atoms with Crippen molar-refractivity contribution >= 4 is 5.97 Å². The highest BCUT2D eigenvalue weighted by Gasteiger charge is 2.67. The topological polar surface area (TPSA) is 66.8 Å². The molecule has 6 atom stereocenters. The Morgan fingerprint density at radius 2 is 1.88 bits per heavy atom. The van der Waals surface area contributed by atoms with E-state index in [-0.39, 0.29) is 16.7 Å². The summed E-state index contributed by atoms with van der Waals surface area (Å²) in [5.74, 6) is -0.566. The van der Waals surface area contributed by atoms with Gasteiger partial charge in [0.1, 0.15) is 0 Å². The van der Waals surface area contributed by atoms with E-state index in [9.17, 15) is 15.0 Å². The van der Waals surface area contributed by atoms with Crippen LogP contribution in [0.1, 0.15) is 66.7 Å². The van der Waals surface area contributed by atoms with Crippen molar-refractivity contribution in [3.05, 3.63) is 24.3 Å². The number of fused-ring (bicyclic) bond motifs is 3. The van der Waals surface area contributed by atoms with Gasteiger partial charge < -0.3 is 14.9 Å². The Hall–Kier alpha value is -1.13. The van der Waals surface area contributed by atoms with Crippen LogP contribution < -0.4 is 0 Å². The van der Waals surface area contributed by atoms with Crippen molar-refractivity contribution in [1.29, 1.82) is 0 Å². The minimum absolute atomic E-state index is 0.134. The van der Waals surface area contributed by atoms with Crippen LogP contribution >= 0.6 is 0 Å². The summed E-state index contributed by atoms with van der Waals surface area (Å²) in [6.07, 6.45) is 6.54. The molecule has 0 aromatic rings. The normalized spacial score (nSPS) is 47.2. The van der Waals surface area contributed by atoms with Crippen molar-refractivity contribution < 1.29 is 19.7 Å². The van der Waals surface area contributed by atoms with E-state index in [1.165, 1.54) is 6.92 Å². The second kappa shape index (κ2) is 5.93. The van der Waals surface area contributed by atoms with E-state index in [4.69, 9.17) is 4.74 Å². The van der Waals surface area contributed by atoms with Crippen molar-refractivity contribution in [2.24, 2.45) is 22.2 Å². The molecule has 0 heterocycles. The van der Waals surface area contributed by atoms with E-state index in [0.29, 0.717) is 12.0 Å². The van der Waals surface area contributed by atoms with Crippen LogP contribution in [-0.4, -0.2) is 34.0 Å². The molecule has 26 heavy (non-hydrogen) atoms. The SMILES string of the molecule is C=C[C@]1(C)C=C2[C@@H](OC(C)=O)[C@@H](O)[C@H]3C(C)(C)CCC[C@]3(C)[C@@]2(O)CC1. The smallest absolute Gasteiger partial charge is 0.303 e. The molecule has 2 fully saturated rings. The third-order valence-electron chi connectivity index (χ3n) is 7.70. The standard InChI is InChI=1S/C22H34O4/c1-7-20(5)11-12-22(25)15(13-20)17(26-14(2)23)16(24)18-19(3,4)9-8-10-21(18,22)6/h7,13,16-18,24-25H,1,8-12H2,2-6H3/t16-,17-,18+,20+,21+,22-/m1/s1. The molecule has 0 saturated heterocycles. The van der Waals surface area contributed by atoms with Gasteiger partial charge in [-0.2, -0.15) is 0 Å². The summed E-state index contributed by atoms with van der Waals surface area (Å²) in [5.41, 5.74) is -1.25. The number of hydrogen-bond acceptors (Lipinski definition) is 4. The molecule has 0 radical (unpaired) electrons. The van der Waals surface area contributed by atoms with E-state index in [1.807, 2.05) is 12.2 Å². The Morgan fingerprint density at radius 3 is 2.46 bits per heavy atom. The molecule has 2 saturated carbocycles. The van der Waals surface area contributed by atoms with Gasteiger partial charge in [0, 0.05) is 29.2 Å². The molecule has 0 unspecified atom stereocenters. The molecule has 0 aromatic heterocycles. The maximum atomic E-state index is 12.0. The molecular formula is C22H34O4. The number of carbonyl (C=O) groups excluding carboxylic acids is 1. The van der Waals surface area contributed by atoms with Crippen LogP contribution in [0, 0.1) is 22.2 Å². The predicted octanol–water partition coefficient (Wildman–Crippen LogP) is 3.77. The van der Waals surface area contributed by atoms with Crippen molar-refractivity contribution in [2.45, 2.75) is 84.5 Å². The van der Waals surface area contributed by atoms with Crippen molar-refractivity contribution in [3.63, 3.8) is 0 Å². The molecule has 146 valence electrons. The van der Waals surface area contributed by atoms with Crippen LogP contribution in [0.2, 0.25) is 0 Å². The van der Waals surface area contributed by atoms with Gasteiger partial charge in [-0.25, -0.2) is 0 Å². The van der Waals surface area contributed by atoms with Gasteiger partial charge in [0.05, 0.1) is 11.7 Å². The zero-order chi connectivity index (χ0) is 19.5. The lowest BCUT2D eigenvalue weighted by Crippen LogP contribution is -2.69. The monoisotopic (exact) mass is 362 g/mol. The van der Waals surface area contributed by atoms with E-state index in [1.54, 1.807) is 0 Å². The van der Waals surface area contributed by atoms with Gasteiger partial charge in [0.25, 0.3) is 0 Å². The summed E-state index contributed by atoms with van der Waals surface area (Å²) in [5, 5.41) is 23.4. The fourth-order valence-electron chi connectivity index (χ4n) is 6.29. The number of allylic oxidation sites excluding steroid dienone is 2. The van der Waals surface area contributed by atoms with Crippen LogP contribution in [-0.2, 0) is 9.53 Å². The average molecular weight is 363 g/mol. The van der Waals surface area contributed by atoms with Crippen molar-refractivity contribution in [2.75, 3.05) is 0 Å². The van der Waals surface area contributed by atoms with Crippen LogP contribution in [0.25, 0.3) is 0 Å². The molecule has 0 aromatic carbocycles. The molecule has 3 rings (SSSR count). The maximum absolute atomic E-state index is 12.0. The lowest BCUT2D eigenvalue weighted by Gasteiger charge is -2.65. The Kier molecular flexibility index (Phi) is 4.48. The Bertz CT molecular complexity index is 651. The highest BCUT2D eigenvalue weighted by atomic mass is 16.6. The number of rotatable bonds is 2. The van der Waals surface area contributed by atoms with Crippen LogP contribution in [0.3, 0.4) is 0 Å². The van der Waals surface area contributed by atoms with Gasteiger partial charge in [0.2, 0.25) is 0 Å². The Balaban J connectivity index is 2.21. The molecular weight excluding hydrogens is 328 g/mol. The minimum Gasteiger partial charge on any atom is -0.455 e. The summed E-state index contributed by atoms with van der Waals surface area (Å²) in [6, 6.07) is 0. The van der Waals surface area contributed by atoms with Crippen LogP contribution in [0.15, 0.2) is 24.3 Å². The van der Waals surface area contributed by atoms with Gasteiger partial charge in [-0.15, -0.1) is 6.58 Å². The van der Waals surface area contributed by atoms with Crippen molar-refractivity contribution in [3.8, 4) is 0 Å². The lowest BCUT2D eigenvalue weighted by molar-refractivity contribution is -0.230. The summed E-state index contributed by atoms with van der Waals surface area (Å²) in [6.45, 7) is 13.8. The first-order chi connectivity index (χ1) is 11.9. The molecule has 0 bridgehead atoms. The third kappa shape index (κ3) is 2.60. The van der Waals surface area contributed by atoms with Gasteiger partial charge in [-0.05, 0) is 31.1 Å². The lowest BCUT2D eigenvalue weighted by atomic mass is 9.42. The third-order valence-corrected chi connectivity index (χ3v) is 7.70. The predicted molar refractivity (Wildman–Crippen MR) is 101 cm³/mol. The summed E-state index contributed by atoms with van der Waals surface area (Å²) in [4.78, 5) is 11.8. The maximum Gasteiger partial charge on any atom is 0.303 e.